The van der Waals surface area contributed by atoms with E-state index in [0.29, 0.717) is 6.04 Å². The average Bonchev–Trinajstić information content (AvgIpc) is 2.85. The summed E-state index contributed by atoms with van der Waals surface area (Å²) in [5, 5.41) is 7.59. The Morgan fingerprint density at radius 3 is 3.00 bits per heavy atom. The zero-order valence-corrected chi connectivity index (χ0v) is 11.1. The molecule has 1 aliphatic rings. The van der Waals surface area contributed by atoms with E-state index in [0.717, 1.165) is 24.4 Å². The number of hydrogen-bond acceptors (Lipinski definition) is 3. The number of nitrogens with one attached hydrogen (secondary N) is 1. The highest BCUT2D eigenvalue weighted by Crippen LogP contribution is 2.38. The van der Waals surface area contributed by atoms with Crippen LogP contribution >= 0.6 is 0 Å². The molecule has 1 N–H and O–H groups in total. The van der Waals surface area contributed by atoms with Gasteiger partial charge in [-0.25, -0.2) is 0 Å². The Balaban J connectivity index is 1.93. The van der Waals surface area contributed by atoms with Crippen molar-refractivity contribution in [2.45, 2.75) is 39.8 Å². The van der Waals surface area contributed by atoms with Crippen molar-refractivity contribution in [3.8, 4) is 11.3 Å². The fourth-order valence-corrected chi connectivity index (χ4v) is 2.42. The molecule has 0 aliphatic heterocycles. The Kier molecular flexibility index (Phi) is 2.71. The van der Waals surface area contributed by atoms with Gasteiger partial charge in [-0.2, -0.15) is 0 Å². The van der Waals surface area contributed by atoms with Crippen molar-refractivity contribution < 1.29 is 4.52 Å². The Hall–Kier alpha value is -1.61. The van der Waals surface area contributed by atoms with Crippen molar-refractivity contribution in [1.82, 2.24) is 10.5 Å². The van der Waals surface area contributed by atoms with Crippen LogP contribution in [0.3, 0.4) is 0 Å². The molecule has 1 aromatic carbocycles. The Morgan fingerprint density at radius 1 is 1.39 bits per heavy atom. The van der Waals surface area contributed by atoms with Crippen molar-refractivity contribution in [3.05, 3.63) is 40.6 Å². The molecule has 1 aliphatic carbocycles. The minimum atomic E-state index is 0.461. The van der Waals surface area contributed by atoms with Crippen LogP contribution in [0.5, 0.6) is 0 Å². The number of nitrogens with zero attached hydrogens (tertiary/aromatic N) is 1. The molecular formula is C15H18N2O. The Labute approximate surface area is 107 Å². The van der Waals surface area contributed by atoms with Gasteiger partial charge in [0, 0.05) is 30.1 Å². The molecule has 3 nitrogen and oxygen atoms in total. The number of benzene rings is 1. The van der Waals surface area contributed by atoms with Gasteiger partial charge >= 0.3 is 0 Å². The molecule has 94 valence electrons. The van der Waals surface area contributed by atoms with Gasteiger partial charge in [0.25, 0.3) is 0 Å². The zero-order valence-electron chi connectivity index (χ0n) is 11.1. The SMILES string of the molecule is Cc1ccc2c(c1)-c1onc(CNC(C)C)c1C2. The summed E-state index contributed by atoms with van der Waals surface area (Å²) in [6, 6.07) is 7.00. The second-order valence-corrected chi connectivity index (χ2v) is 5.31. The van der Waals surface area contributed by atoms with E-state index < -0.39 is 0 Å². The standard InChI is InChI=1S/C15H18N2O/c1-9(2)16-8-14-13-7-11-5-4-10(3)6-12(11)15(13)18-17-14/h4-6,9,16H,7-8H2,1-3H3. The van der Waals surface area contributed by atoms with E-state index in [1.54, 1.807) is 0 Å². The second-order valence-electron chi connectivity index (χ2n) is 5.31. The highest BCUT2D eigenvalue weighted by atomic mass is 16.5. The molecule has 0 atom stereocenters. The topological polar surface area (TPSA) is 38.1 Å². The number of hydrogen-bond donors (Lipinski definition) is 1. The van der Waals surface area contributed by atoms with E-state index in [9.17, 15) is 0 Å². The molecule has 0 fully saturated rings. The van der Waals surface area contributed by atoms with Gasteiger partial charge in [0.05, 0.1) is 0 Å². The lowest BCUT2D eigenvalue weighted by Crippen LogP contribution is -2.22. The number of rotatable bonds is 3. The van der Waals surface area contributed by atoms with E-state index >= 15 is 0 Å². The van der Waals surface area contributed by atoms with Gasteiger partial charge in [0.15, 0.2) is 5.76 Å². The van der Waals surface area contributed by atoms with E-state index in [2.05, 4.69) is 49.4 Å². The van der Waals surface area contributed by atoms with Crippen LogP contribution in [-0.2, 0) is 13.0 Å². The Morgan fingerprint density at radius 2 is 2.22 bits per heavy atom. The van der Waals surface area contributed by atoms with Crippen molar-refractivity contribution in [3.63, 3.8) is 0 Å². The lowest BCUT2D eigenvalue weighted by molar-refractivity contribution is 0.417. The number of aryl methyl sites for hydroxylation is 1. The maximum atomic E-state index is 5.53. The monoisotopic (exact) mass is 242 g/mol. The van der Waals surface area contributed by atoms with Crippen molar-refractivity contribution >= 4 is 0 Å². The molecule has 3 rings (SSSR count). The van der Waals surface area contributed by atoms with Gasteiger partial charge in [-0.05, 0) is 18.6 Å². The molecular weight excluding hydrogens is 224 g/mol. The van der Waals surface area contributed by atoms with Crippen molar-refractivity contribution in [1.29, 1.82) is 0 Å². The third-order valence-electron chi connectivity index (χ3n) is 3.42. The molecule has 1 aromatic heterocycles. The summed E-state index contributed by atoms with van der Waals surface area (Å²) in [6.07, 6.45) is 0.948. The minimum absolute atomic E-state index is 0.461. The molecule has 0 saturated carbocycles. The molecule has 0 bridgehead atoms. The first-order valence-electron chi connectivity index (χ1n) is 6.46. The molecule has 0 amide bonds. The van der Waals surface area contributed by atoms with Gasteiger partial charge in [0.1, 0.15) is 5.69 Å². The molecule has 18 heavy (non-hydrogen) atoms. The van der Waals surface area contributed by atoms with Crippen LogP contribution in [0.25, 0.3) is 11.3 Å². The first kappa shape index (κ1) is 11.5. The molecule has 0 saturated heterocycles. The Bertz CT molecular complexity index is 584. The minimum Gasteiger partial charge on any atom is -0.356 e. The van der Waals surface area contributed by atoms with Crippen LogP contribution in [0, 0.1) is 6.92 Å². The maximum absolute atomic E-state index is 5.53. The predicted octanol–water partition coefficient (Wildman–Crippen LogP) is 3.05. The van der Waals surface area contributed by atoms with E-state index in [-0.39, 0.29) is 0 Å². The summed E-state index contributed by atoms with van der Waals surface area (Å²) in [7, 11) is 0. The average molecular weight is 242 g/mol. The first-order valence-corrected chi connectivity index (χ1v) is 6.46. The lowest BCUT2D eigenvalue weighted by Gasteiger charge is -2.05. The molecule has 3 heteroatoms. The number of aromatic nitrogens is 1. The third kappa shape index (κ3) is 1.85. The zero-order chi connectivity index (χ0) is 12.7. The smallest absolute Gasteiger partial charge is 0.170 e. The maximum Gasteiger partial charge on any atom is 0.170 e. The second kappa shape index (κ2) is 4.25. The van der Waals surface area contributed by atoms with Crippen LogP contribution < -0.4 is 5.32 Å². The molecule has 0 unspecified atom stereocenters. The lowest BCUT2D eigenvalue weighted by atomic mass is 10.1. The fourth-order valence-electron chi connectivity index (χ4n) is 2.42. The molecule has 0 spiro atoms. The predicted molar refractivity (Wildman–Crippen MR) is 71.5 cm³/mol. The first-order chi connectivity index (χ1) is 8.65. The highest BCUT2D eigenvalue weighted by Gasteiger charge is 2.26. The van der Waals surface area contributed by atoms with E-state index in [4.69, 9.17) is 4.52 Å². The van der Waals surface area contributed by atoms with Gasteiger partial charge < -0.3 is 9.84 Å². The van der Waals surface area contributed by atoms with Gasteiger partial charge in [-0.15, -0.1) is 0 Å². The molecule has 0 radical (unpaired) electrons. The van der Waals surface area contributed by atoms with Gasteiger partial charge in [-0.1, -0.05) is 36.7 Å². The van der Waals surface area contributed by atoms with E-state index in [1.165, 1.54) is 22.3 Å². The van der Waals surface area contributed by atoms with Crippen LogP contribution in [0.2, 0.25) is 0 Å². The van der Waals surface area contributed by atoms with E-state index in [1.807, 2.05) is 0 Å². The van der Waals surface area contributed by atoms with Crippen LogP contribution in [-0.4, -0.2) is 11.2 Å². The third-order valence-corrected chi connectivity index (χ3v) is 3.42. The van der Waals surface area contributed by atoms with Crippen LogP contribution in [0.15, 0.2) is 22.7 Å². The van der Waals surface area contributed by atoms with Crippen molar-refractivity contribution in [2.24, 2.45) is 0 Å². The summed E-state index contributed by atoms with van der Waals surface area (Å²) in [5.74, 6) is 0.967. The molecule has 2 aromatic rings. The summed E-state index contributed by atoms with van der Waals surface area (Å²) in [6.45, 7) is 7.16. The van der Waals surface area contributed by atoms with Gasteiger partial charge in [0.2, 0.25) is 0 Å². The summed E-state index contributed by atoms with van der Waals surface area (Å²) < 4.78 is 5.53. The van der Waals surface area contributed by atoms with Crippen molar-refractivity contribution in [2.75, 3.05) is 0 Å². The van der Waals surface area contributed by atoms with Gasteiger partial charge in [-0.3, -0.25) is 0 Å². The largest absolute Gasteiger partial charge is 0.356 e. The summed E-state index contributed by atoms with van der Waals surface area (Å²) >= 11 is 0. The van der Waals surface area contributed by atoms with Crippen LogP contribution in [0.4, 0.5) is 0 Å². The quantitative estimate of drug-likeness (QED) is 0.767. The molecule has 1 heterocycles. The normalized spacial score (nSPS) is 12.9. The summed E-state index contributed by atoms with van der Waals surface area (Å²) in [5.41, 5.74) is 6.13. The number of fused-ring (bicyclic) bond motifs is 3. The van der Waals surface area contributed by atoms with Crippen LogP contribution in [0.1, 0.15) is 36.2 Å². The highest BCUT2D eigenvalue weighted by molar-refractivity contribution is 5.73. The fraction of sp³-hybridized carbons (Fsp3) is 0.400. The summed E-state index contributed by atoms with van der Waals surface area (Å²) in [4.78, 5) is 0.